The molecule has 0 aliphatic heterocycles. The van der Waals surface area contributed by atoms with Crippen LogP contribution in [0.15, 0.2) is 29.4 Å². The number of benzene rings is 1. The SMILES string of the molecule is Cc1ccc(OCC(=O)N/N=C2\CC(C)CC(C)(C)C2)cc1. The molecule has 1 aromatic carbocycles. The van der Waals surface area contributed by atoms with Gasteiger partial charge in [-0.3, -0.25) is 4.79 Å². The van der Waals surface area contributed by atoms with Crippen molar-refractivity contribution >= 4 is 11.6 Å². The lowest BCUT2D eigenvalue weighted by Gasteiger charge is -2.34. The fourth-order valence-electron chi connectivity index (χ4n) is 3.16. The van der Waals surface area contributed by atoms with Gasteiger partial charge in [0.2, 0.25) is 0 Å². The number of ether oxygens (including phenoxy) is 1. The number of amides is 1. The highest BCUT2D eigenvalue weighted by Crippen LogP contribution is 2.36. The predicted molar refractivity (Wildman–Crippen MR) is 89.0 cm³/mol. The molecule has 1 saturated carbocycles. The molecule has 0 spiro atoms. The van der Waals surface area contributed by atoms with Gasteiger partial charge in [-0.15, -0.1) is 0 Å². The lowest BCUT2D eigenvalue weighted by molar-refractivity contribution is -0.123. The van der Waals surface area contributed by atoms with E-state index >= 15 is 0 Å². The van der Waals surface area contributed by atoms with Gasteiger partial charge in [0.25, 0.3) is 5.91 Å². The molecule has 1 amide bonds. The summed E-state index contributed by atoms with van der Waals surface area (Å²) in [6, 6.07) is 7.64. The molecule has 1 aliphatic carbocycles. The van der Waals surface area contributed by atoms with Crippen LogP contribution in [0.3, 0.4) is 0 Å². The Bertz CT molecular complexity index is 547. The number of rotatable bonds is 4. The van der Waals surface area contributed by atoms with Gasteiger partial charge in [-0.25, -0.2) is 5.43 Å². The molecule has 4 heteroatoms. The van der Waals surface area contributed by atoms with Gasteiger partial charge >= 0.3 is 0 Å². The van der Waals surface area contributed by atoms with Gasteiger partial charge in [0.1, 0.15) is 5.75 Å². The van der Waals surface area contributed by atoms with Crippen molar-refractivity contribution in [2.45, 2.75) is 47.0 Å². The Labute approximate surface area is 132 Å². The summed E-state index contributed by atoms with van der Waals surface area (Å²) in [6.07, 6.45) is 3.11. The smallest absolute Gasteiger partial charge is 0.277 e. The van der Waals surface area contributed by atoms with Crippen molar-refractivity contribution in [2.24, 2.45) is 16.4 Å². The Morgan fingerprint density at radius 2 is 2.05 bits per heavy atom. The molecule has 1 N–H and O–H groups in total. The van der Waals surface area contributed by atoms with Gasteiger partial charge in [0.15, 0.2) is 6.61 Å². The quantitative estimate of drug-likeness (QED) is 0.862. The average molecular weight is 302 g/mol. The molecule has 120 valence electrons. The second-order valence-corrected chi connectivity index (χ2v) is 7.17. The maximum Gasteiger partial charge on any atom is 0.277 e. The predicted octanol–water partition coefficient (Wildman–Crippen LogP) is 3.69. The molecule has 1 atom stereocenters. The minimum atomic E-state index is -0.218. The molecule has 0 heterocycles. The number of nitrogens with one attached hydrogen (secondary N) is 1. The van der Waals surface area contributed by atoms with E-state index in [1.54, 1.807) is 0 Å². The van der Waals surface area contributed by atoms with Crippen LogP contribution in [0.25, 0.3) is 0 Å². The Morgan fingerprint density at radius 3 is 2.68 bits per heavy atom. The molecule has 0 aromatic heterocycles. The van der Waals surface area contributed by atoms with Gasteiger partial charge in [0, 0.05) is 5.71 Å². The fraction of sp³-hybridized carbons (Fsp3) is 0.556. The zero-order valence-electron chi connectivity index (χ0n) is 14.0. The number of carbonyl (C=O) groups excluding carboxylic acids is 1. The Kier molecular flexibility index (Phi) is 5.22. The Hall–Kier alpha value is -1.84. The van der Waals surface area contributed by atoms with E-state index in [9.17, 15) is 4.79 Å². The summed E-state index contributed by atoms with van der Waals surface area (Å²) in [7, 11) is 0. The van der Waals surface area contributed by atoms with Gasteiger partial charge in [0.05, 0.1) is 0 Å². The van der Waals surface area contributed by atoms with Crippen molar-refractivity contribution in [1.29, 1.82) is 0 Å². The zero-order valence-corrected chi connectivity index (χ0v) is 14.0. The third-order valence-corrected chi connectivity index (χ3v) is 3.90. The third-order valence-electron chi connectivity index (χ3n) is 3.90. The van der Waals surface area contributed by atoms with Crippen molar-refractivity contribution in [3.05, 3.63) is 29.8 Å². The topological polar surface area (TPSA) is 50.7 Å². The largest absolute Gasteiger partial charge is 0.484 e. The van der Waals surface area contributed by atoms with Gasteiger partial charge in [-0.1, -0.05) is 38.5 Å². The van der Waals surface area contributed by atoms with Crippen LogP contribution in [0.5, 0.6) is 5.75 Å². The van der Waals surface area contributed by atoms with Crippen molar-refractivity contribution < 1.29 is 9.53 Å². The van der Waals surface area contributed by atoms with E-state index in [1.807, 2.05) is 31.2 Å². The van der Waals surface area contributed by atoms with Crippen LogP contribution in [0.1, 0.15) is 45.6 Å². The van der Waals surface area contributed by atoms with Crippen molar-refractivity contribution in [2.75, 3.05) is 6.61 Å². The summed E-state index contributed by atoms with van der Waals surface area (Å²) in [5, 5.41) is 4.29. The Morgan fingerprint density at radius 1 is 1.36 bits per heavy atom. The number of aryl methyl sites for hydroxylation is 1. The van der Waals surface area contributed by atoms with Crippen molar-refractivity contribution in [3.63, 3.8) is 0 Å². The molecule has 4 nitrogen and oxygen atoms in total. The van der Waals surface area contributed by atoms with Crippen LogP contribution in [0.4, 0.5) is 0 Å². The zero-order chi connectivity index (χ0) is 16.2. The number of hydrazone groups is 1. The first-order valence-electron chi connectivity index (χ1n) is 7.88. The average Bonchev–Trinajstić information content (AvgIpc) is 2.42. The molecule has 0 saturated heterocycles. The van der Waals surface area contributed by atoms with E-state index in [2.05, 4.69) is 31.3 Å². The van der Waals surface area contributed by atoms with Crippen LogP contribution in [-0.4, -0.2) is 18.2 Å². The highest BCUT2D eigenvalue weighted by molar-refractivity contribution is 5.87. The summed E-state index contributed by atoms with van der Waals surface area (Å²) in [6.45, 7) is 8.73. The lowest BCUT2D eigenvalue weighted by Crippen LogP contribution is -2.31. The third kappa shape index (κ3) is 5.17. The van der Waals surface area contributed by atoms with E-state index in [-0.39, 0.29) is 17.9 Å². The second kappa shape index (κ2) is 6.95. The maximum atomic E-state index is 11.8. The molecule has 1 fully saturated rings. The number of nitrogens with zero attached hydrogens (tertiary/aromatic N) is 1. The summed E-state index contributed by atoms with van der Waals surface area (Å²) >= 11 is 0. The number of hydrogen-bond donors (Lipinski definition) is 1. The molecule has 22 heavy (non-hydrogen) atoms. The minimum Gasteiger partial charge on any atom is -0.484 e. The first-order chi connectivity index (χ1) is 10.3. The normalized spacial score (nSPS) is 22.4. The van der Waals surface area contributed by atoms with E-state index in [0.29, 0.717) is 11.7 Å². The summed E-state index contributed by atoms with van der Waals surface area (Å²) in [5.41, 5.74) is 5.12. The minimum absolute atomic E-state index is 0.0151. The van der Waals surface area contributed by atoms with Crippen LogP contribution < -0.4 is 10.2 Å². The standard InChI is InChI=1S/C18H26N2O2/c1-13-5-7-16(8-6-13)22-12-17(21)20-19-15-9-14(2)10-18(3,4)11-15/h5-8,14H,9-12H2,1-4H3,(H,20,21)/b19-15+. The van der Waals surface area contributed by atoms with Crippen LogP contribution in [0.2, 0.25) is 0 Å². The molecular formula is C18H26N2O2. The molecule has 1 unspecified atom stereocenters. The lowest BCUT2D eigenvalue weighted by atomic mass is 9.72. The van der Waals surface area contributed by atoms with Gasteiger partial charge in [-0.05, 0) is 49.7 Å². The molecular weight excluding hydrogens is 276 g/mol. The summed E-state index contributed by atoms with van der Waals surface area (Å²) < 4.78 is 5.44. The number of carbonyl (C=O) groups is 1. The summed E-state index contributed by atoms with van der Waals surface area (Å²) in [4.78, 5) is 11.8. The Balaban J connectivity index is 1.82. The van der Waals surface area contributed by atoms with E-state index in [0.717, 1.165) is 24.1 Å². The monoisotopic (exact) mass is 302 g/mol. The fourth-order valence-corrected chi connectivity index (χ4v) is 3.16. The molecule has 1 aliphatic rings. The maximum absolute atomic E-state index is 11.8. The van der Waals surface area contributed by atoms with Crippen molar-refractivity contribution in [1.82, 2.24) is 5.43 Å². The number of hydrogen-bond acceptors (Lipinski definition) is 3. The second-order valence-electron chi connectivity index (χ2n) is 7.17. The molecule has 2 rings (SSSR count). The van der Waals surface area contributed by atoms with Crippen molar-refractivity contribution in [3.8, 4) is 5.75 Å². The van der Waals surface area contributed by atoms with Gasteiger partial charge in [-0.2, -0.15) is 5.10 Å². The highest BCUT2D eigenvalue weighted by atomic mass is 16.5. The van der Waals surface area contributed by atoms with E-state index < -0.39 is 0 Å². The van der Waals surface area contributed by atoms with Crippen LogP contribution in [0, 0.1) is 18.3 Å². The summed E-state index contributed by atoms with van der Waals surface area (Å²) in [5.74, 6) is 1.09. The van der Waals surface area contributed by atoms with Gasteiger partial charge < -0.3 is 4.74 Å². The first-order valence-corrected chi connectivity index (χ1v) is 7.88. The molecule has 0 radical (unpaired) electrons. The molecule has 0 bridgehead atoms. The van der Waals surface area contributed by atoms with E-state index in [4.69, 9.17) is 4.74 Å². The van der Waals surface area contributed by atoms with Crippen LogP contribution in [-0.2, 0) is 4.79 Å². The van der Waals surface area contributed by atoms with Crippen LogP contribution >= 0.6 is 0 Å². The first kappa shape index (κ1) is 16.5. The highest BCUT2D eigenvalue weighted by Gasteiger charge is 2.29. The van der Waals surface area contributed by atoms with E-state index in [1.165, 1.54) is 6.42 Å². The molecule has 1 aromatic rings.